The van der Waals surface area contributed by atoms with Crippen LogP contribution in [0.2, 0.25) is 0 Å². The van der Waals surface area contributed by atoms with Crippen LogP contribution in [-0.2, 0) is 10.4 Å². The van der Waals surface area contributed by atoms with E-state index in [1.165, 1.54) is 0 Å². The largest absolute Gasteiger partial charge is 0.394 e. The van der Waals surface area contributed by atoms with E-state index in [9.17, 15) is 0 Å². The summed E-state index contributed by atoms with van der Waals surface area (Å²) in [5.74, 6) is 0.486. The van der Waals surface area contributed by atoms with Gasteiger partial charge in [-0.1, -0.05) is 0 Å². The number of hydrogen-bond donors (Lipinski definition) is 4. The van der Waals surface area contributed by atoms with Crippen molar-refractivity contribution in [3.8, 4) is 0 Å². The first-order valence-electron chi connectivity index (χ1n) is 3.92. The molecule has 16 heavy (non-hydrogen) atoms. The summed E-state index contributed by atoms with van der Waals surface area (Å²) in [6.45, 7) is 0. The third-order valence-corrected chi connectivity index (χ3v) is 1.10. The van der Waals surface area contributed by atoms with E-state index >= 15 is 0 Å². The molecule has 5 N–H and O–H groups in total. The van der Waals surface area contributed by atoms with Gasteiger partial charge in [-0.25, -0.2) is 0 Å². The van der Waals surface area contributed by atoms with Gasteiger partial charge in [0.05, 0.1) is 0 Å². The van der Waals surface area contributed by atoms with E-state index in [0.29, 0.717) is 5.96 Å². The number of hydrogen-bond acceptors (Lipinski definition) is 3. The summed E-state index contributed by atoms with van der Waals surface area (Å²) in [4.78, 5) is 7.04. The van der Waals surface area contributed by atoms with Gasteiger partial charge in [0, 0.05) is 28.2 Å². The average Bonchev–Trinajstić information content (AvgIpc) is 2.00. The third kappa shape index (κ3) is 15.1. The molecule has 0 aliphatic rings. The molecule has 0 aliphatic carbocycles. The average molecular weight is 255 g/mol. The molecule has 0 rings (SSSR count). The molecule has 0 bridgehead atoms. The van der Waals surface area contributed by atoms with E-state index in [2.05, 4.69) is 4.99 Å². The van der Waals surface area contributed by atoms with Gasteiger partial charge in [-0.05, 0) is 0 Å². The van der Waals surface area contributed by atoms with Crippen LogP contribution in [0.15, 0.2) is 4.99 Å². The first kappa shape index (κ1) is 17.0. The molecule has 10 heteroatoms. The highest BCUT2D eigenvalue weighted by Crippen LogP contribution is 1.83. The van der Waals surface area contributed by atoms with Crippen molar-refractivity contribution in [2.75, 3.05) is 28.2 Å². The summed E-state index contributed by atoms with van der Waals surface area (Å²) in [7, 11) is 2.38. The molecule has 0 spiro atoms. The second-order valence-corrected chi connectivity index (χ2v) is 3.93. The molecule has 0 aliphatic heterocycles. The maximum absolute atomic E-state index is 8.74. The van der Waals surface area contributed by atoms with Gasteiger partial charge in [0.1, 0.15) is 0 Å². The van der Waals surface area contributed by atoms with Crippen LogP contribution in [0.4, 0.5) is 0 Å². The Bertz CT molecular complexity index is 340. The quantitative estimate of drug-likeness (QED) is 0.239. The minimum Gasteiger partial charge on any atom is -0.369 e. The zero-order chi connectivity index (χ0) is 13.5. The van der Waals surface area contributed by atoms with E-state index in [4.69, 9.17) is 28.7 Å². The van der Waals surface area contributed by atoms with Gasteiger partial charge >= 0.3 is 10.4 Å². The van der Waals surface area contributed by atoms with Crippen LogP contribution >= 0.6 is 0 Å². The Balaban J connectivity index is 0. The molecule has 0 aromatic carbocycles. The zero-order valence-corrected chi connectivity index (χ0v) is 10.4. The highest BCUT2D eigenvalue weighted by atomic mass is 32.3. The highest BCUT2D eigenvalue weighted by Gasteiger charge is 1.98. The lowest BCUT2D eigenvalue weighted by atomic mass is 10.7. The summed E-state index contributed by atoms with van der Waals surface area (Å²) in [6.07, 6.45) is 0. The number of nitrogens with zero attached hydrogens (tertiary/aromatic N) is 3. The predicted octanol–water partition coefficient (Wildman–Crippen LogP) is -1.29. The molecule has 0 fully saturated rings. The monoisotopic (exact) mass is 255 g/mol. The Hall–Kier alpha value is -1.39. The Kier molecular flexibility index (Phi) is 7.42. The number of guanidine groups is 2. The lowest BCUT2D eigenvalue weighted by Crippen LogP contribution is -2.33. The van der Waals surface area contributed by atoms with Crippen LogP contribution in [0.5, 0.6) is 0 Å². The first-order valence-corrected chi connectivity index (χ1v) is 5.32. The van der Waals surface area contributed by atoms with Gasteiger partial charge in [0.15, 0.2) is 5.96 Å². The lowest BCUT2D eigenvalue weighted by Gasteiger charge is -2.13. The lowest BCUT2D eigenvalue weighted by molar-refractivity contribution is 0.381. The topological polar surface area (TPSA) is 143 Å². The molecule has 96 valence electrons. The Morgan fingerprint density at radius 3 is 1.69 bits per heavy atom. The maximum Gasteiger partial charge on any atom is 0.394 e. The molecule has 0 unspecified atom stereocenters. The molecular formula is C6H17N5O4S. The molecule has 0 heterocycles. The molecule has 0 amide bonds. The fraction of sp³-hybridized carbons (Fsp3) is 0.667. The fourth-order valence-electron chi connectivity index (χ4n) is 0.309. The second-order valence-electron chi connectivity index (χ2n) is 3.03. The van der Waals surface area contributed by atoms with Gasteiger partial charge in [-0.15, -0.1) is 0 Å². The molecule has 0 aromatic rings. The zero-order valence-electron chi connectivity index (χ0n) is 9.54. The van der Waals surface area contributed by atoms with E-state index in [1.807, 2.05) is 0 Å². The number of nitrogens with two attached hydrogens (primary N) is 1. The van der Waals surface area contributed by atoms with Crippen molar-refractivity contribution < 1.29 is 17.5 Å². The van der Waals surface area contributed by atoms with Gasteiger partial charge in [-0.2, -0.15) is 13.4 Å². The third-order valence-electron chi connectivity index (χ3n) is 1.10. The normalized spacial score (nSPS) is 11.2. The van der Waals surface area contributed by atoms with Gasteiger partial charge in [-0.3, -0.25) is 14.5 Å². The van der Waals surface area contributed by atoms with Crippen LogP contribution < -0.4 is 5.73 Å². The number of aliphatic imine (C=N–C) groups is 1. The van der Waals surface area contributed by atoms with Gasteiger partial charge in [0.2, 0.25) is 5.96 Å². The minimum atomic E-state index is -4.67. The van der Waals surface area contributed by atoms with E-state index in [1.54, 1.807) is 38.0 Å². The van der Waals surface area contributed by atoms with Crippen molar-refractivity contribution in [2.45, 2.75) is 0 Å². The van der Waals surface area contributed by atoms with E-state index in [0.717, 1.165) is 0 Å². The van der Waals surface area contributed by atoms with E-state index in [-0.39, 0.29) is 5.96 Å². The van der Waals surface area contributed by atoms with Crippen LogP contribution in [0.3, 0.4) is 0 Å². The van der Waals surface area contributed by atoms with Crippen molar-refractivity contribution in [3.63, 3.8) is 0 Å². The molecule has 0 saturated carbocycles. The Morgan fingerprint density at radius 2 is 1.50 bits per heavy atom. The molecule has 0 saturated heterocycles. The van der Waals surface area contributed by atoms with Crippen LogP contribution in [0.25, 0.3) is 0 Å². The summed E-state index contributed by atoms with van der Waals surface area (Å²) in [5, 5.41) is 7.30. The molecule has 0 aromatic heterocycles. The van der Waals surface area contributed by atoms with Crippen molar-refractivity contribution in [2.24, 2.45) is 10.7 Å². The van der Waals surface area contributed by atoms with Crippen LogP contribution in [0, 0.1) is 5.41 Å². The summed E-state index contributed by atoms with van der Waals surface area (Å²) in [6, 6.07) is 0. The molecule has 0 radical (unpaired) electrons. The van der Waals surface area contributed by atoms with Crippen molar-refractivity contribution in [1.82, 2.24) is 9.80 Å². The predicted molar refractivity (Wildman–Crippen MR) is 60.9 cm³/mol. The Labute approximate surface area is 94.6 Å². The molecule has 0 atom stereocenters. The van der Waals surface area contributed by atoms with E-state index < -0.39 is 10.4 Å². The van der Waals surface area contributed by atoms with Crippen LogP contribution in [0.1, 0.15) is 0 Å². The minimum absolute atomic E-state index is 0.149. The van der Waals surface area contributed by atoms with Crippen molar-refractivity contribution in [1.29, 1.82) is 5.41 Å². The number of rotatable bonds is 0. The van der Waals surface area contributed by atoms with Gasteiger partial charge < -0.3 is 15.5 Å². The first-order chi connectivity index (χ1) is 6.95. The SMILES string of the molecule is CN(C)C(=N)/N=C(\N)N(C)C.O=S(=O)(O)O. The van der Waals surface area contributed by atoms with Gasteiger partial charge in [0.25, 0.3) is 0 Å². The number of nitrogens with one attached hydrogen (secondary N) is 1. The molecular weight excluding hydrogens is 238 g/mol. The molecule has 9 nitrogen and oxygen atoms in total. The highest BCUT2D eigenvalue weighted by molar-refractivity contribution is 7.79. The maximum atomic E-state index is 8.74. The van der Waals surface area contributed by atoms with Crippen molar-refractivity contribution >= 4 is 22.3 Å². The van der Waals surface area contributed by atoms with Crippen molar-refractivity contribution in [3.05, 3.63) is 0 Å². The smallest absolute Gasteiger partial charge is 0.369 e. The summed E-state index contributed by atoms with van der Waals surface area (Å²) >= 11 is 0. The fourth-order valence-corrected chi connectivity index (χ4v) is 0.309. The summed E-state index contributed by atoms with van der Waals surface area (Å²) < 4.78 is 31.6. The van der Waals surface area contributed by atoms with Crippen LogP contribution in [-0.4, -0.2) is 67.4 Å². The Morgan fingerprint density at radius 1 is 1.19 bits per heavy atom. The summed E-state index contributed by atoms with van der Waals surface area (Å²) in [5.41, 5.74) is 5.46. The second kappa shape index (κ2) is 6.98. The standard InChI is InChI=1S/C6H15N5.H2O4S/c1-10(2)5(7)9-6(8)11(3)4;1-5(2,3)4/h1-4H3,(H3,7,8,9);(H2,1,2,3,4).